The van der Waals surface area contributed by atoms with Crippen molar-refractivity contribution in [1.82, 2.24) is 9.80 Å². The number of carbonyl (C=O) groups excluding carboxylic acids is 2. The van der Waals surface area contributed by atoms with E-state index in [9.17, 15) is 9.59 Å². The van der Waals surface area contributed by atoms with Crippen LogP contribution < -0.4 is 0 Å². The predicted molar refractivity (Wildman–Crippen MR) is 67.0 cm³/mol. The van der Waals surface area contributed by atoms with E-state index in [1.54, 1.807) is 9.80 Å². The maximum atomic E-state index is 12.1. The van der Waals surface area contributed by atoms with Gasteiger partial charge in [0.05, 0.1) is 13.2 Å². The zero-order chi connectivity index (χ0) is 13.0. The molecule has 5 heteroatoms. The van der Waals surface area contributed by atoms with Gasteiger partial charge in [-0.3, -0.25) is 9.59 Å². The lowest BCUT2D eigenvalue weighted by molar-refractivity contribution is -0.154. The topological polar surface area (TPSA) is 49.9 Å². The summed E-state index contributed by atoms with van der Waals surface area (Å²) in [5.41, 5.74) is 0. The lowest BCUT2D eigenvalue weighted by atomic mass is 10.1. The smallest absolute Gasteiger partial charge is 0.245 e. The predicted octanol–water partition coefficient (Wildman–Crippen LogP) is 0.636. The molecule has 2 saturated heterocycles. The summed E-state index contributed by atoms with van der Waals surface area (Å²) in [5, 5.41) is 0. The van der Waals surface area contributed by atoms with Crippen molar-refractivity contribution in [1.29, 1.82) is 0 Å². The number of rotatable bonds is 6. The van der Waals surface area contributed by atoms with Crippen LogP contribution in [-0.2, 0) is 14.3 Å². The van der Waals surface area contributed by atoms with Crippen molar-refractivity contribution < 1.29 is 14.3 Å². The van der Waals surface area contributed by atoms with Crippen molar-refractivity contribution in [3.05, 3.63) is 0 Å². The first-order chi connectivity index (χ1) is 8.74. The van der Waals surface area contributed by atoms with Gasteiger partial charge in [0, 0.05) is 19.7 Å². The van der Waals surface area contributed by atoms with Crippen LogP contribution in [0.5, 0.6) is 0 Å². The van der Waals surface area contributed by atoms with Crippen molar-refractivity contribution in [2.24, 2.45) is 0 Å². The van der Waals surface area contributed by atoms with Crippen LogP contribution >= 0.6 is 0 Å². The highest BCUT2D eigenvalue weighted by Crippen LogP contribution is 2.23. The molecule has 0 N–H and O–H groups in total. The van der Waals surface area contributed by atoms with Crippen LogP contribution in [0.25, 0.3) is 0 Å². The van der Waals surface area contributed by atoms with Gasteiger partial charge in [0.15, 0.2) is 0 Å². The molecule has 0 bridgehead atoms. The standard InChI is InChI=1S/C13H22N2O3/c1-2-3-8-18-9-7-14-10-12(16)15-6-4-5-11(15)13(14)17/h11H,2-10H2,1H3. The molecular formula is C13H22N2O3. The summed E-state index contributed by atoms with van der Waals surface area (Å²) in [4.78, 5) is 27.4. The molecule has 0 aliphatic carbocycles. The normalized spacial score (nSPS) is 23.7. The average molecular weight is 254 g/mol. The van der Waals surface area contributed by atoms with Gasteiger partial charge in [-0.25, -0.2) is 0 Å². The molecule has 2 aliphatic heterocycles. The SMILES string of the molecule is CCCCOCCN1CC(=O)N2CCCC2C1=O. The minimum Gasteiger partial charge on any atom is -0.380 e. The van der Waals surface area contributed by atoms with Crippen molar-refractivity contribution in [3.63, 3.8) is 0 Å². The molecule has 2 rings (SSSR count). The molecular weight excluding hydrogens is 232 g/mol. The van der Waals surface area contributed by atoms with Gasteiger partial charge in [0.1, 0.15) is 6.04 Å². The molecule has 0 radical (unpaired) electrons. The molecule has 0 aromatic carbocycles. The molecule has 0 aromatic heterocycles. The van der Waals surface area contributed by atoms with E-state index in [1.165, 1.54) is 0 Å². The van der Waals surface area contributed by atoms with Gasteiger partial charge in [-0.05, 0) is 19.3 Å². The molecule has 1 unspecified atom stereocenters. The van der Waals surface area contributed by atoms with Gasteiger partial charge in [-0.2, -0.15) is 0 Å². The minimum atomic E-state index is -0.193. The Morgan fingerprint density at radius 2 is 2.17 bits per heavy atom. The lowest BCUT2D eigenvalue weighted by Crippen LogP contribution is -2.57. The molecule has 5 nitrogen and oxygen atoms in total. The fraction of sp³-hybridized carbons (Fsp3) is 0.846. The zero-order valence-corrected chi connectivity index (χ0v) is 11.1. The van der Waals surface area contributed by atoms with Gasteiger partial charge in [0.2, 0.25) is 11.8 Å². The number of hydrogen-bond acceptors (Lipinski definition) is 3. The van der Waals surface area contributed by atoms with Crippen LogP contribution in [0.15, 0.2) is 0 Å². The second-order valence-electron chi connectivity index (χ2n) is 4.97. The fourth-order valence-corrected chi connectivity index (χ4v) is 2.58. The monoisotopic (exact) mass is 254 g/mol. The summed E-state index contributed by atoms with van der Waals surface area (Å²) in [6.07, 6.45) is 3.92. The lowest BCUT2D eigenvalue weighted by Gasteiger charge is -2.36. The molecule has 18 heavy (non-hydrogen) atoms. The van der Waals surface area contributed by atoms with Crippen LogP contribution in [0, 0.1) is 0 Å². The van der Waals surface area contributed by atoms with Gasteiger partial charge < -0.3 is 14.5 Å². The number of fused-ring (bicyclic) bond motifs is 1. The average Bonchev–Trinajstić information content (AvgIpc) is 2.84. The van der Waals surface area contributed by atoms with Gasteiger partial charge in [-0.15, -0.1) is 0 Å². The Morgan fingerprint density at radius 3 is 2.94 bits per heavy atom. The van der Waals surface area contributed by atoms with Crippen LogP contribution in [0.1, 0.15) is 32.6 Å². The van der Waals surface area contributed by atoms with Crippen molar-refractivity contribution >= 4 is 11.8 Å². The number of unbranched alkanes of at least 4 members (excludes halogenated alkanes) is 1. The van der Waals surface area contributed by atoms with E-state index in [0.29, 0.717) is 13.2 Å². The van der Waals surface area contributed by atoms with E-state index < -0.39 is 0 Å². The Hall–Kier alpha value is -1.10. The minimum absolute atomic E-state index is 0.0886. The van der Waals surface area contributed by atoms with E-state index >= 15 is 0 Å². The quantitative estimate of drug-likeness (QED) is 0.653. The van der Waals surface area contributed by atoms with Crippen molar-refractivity contribution in [3.8, 4) is 0 Å². The molecule has 0 spiro atoms. The highest BCUT2D eigenvalue weighted by Gasteiger charge is 2.41. The van der Waals surface area contributed by atoms with Crippen molar-refractivity contribution in [2.75, 3.05) is 32.8 Å². The number of nitrogens with zero attached hydrogens (tertiary/aromatic N) is 2. The highest BCUT2D eigenvalue weighted by atomic mass is 16.5. The van der Waals surface area contributed by atoms with E-state index in [1.807, 2.05) is 0 Å². The Kier molecular flexibility index (Phi) is 4.58. The third-order valence-corrected chi connectivity index (χ3v) is 3.64. The number of carbonyl (C=O) groups is 2. The second-order valence-corrected chi connectivity index (χ2v) is 4.97. The Morgan fingerprint density at radius 1 is 1.33 bits per heavy atom. The van der Waals surface area contributed by atoms with Crippen molar-refractivity contribution in [2.45, 2.75) is 38.6 Å². The van der Waals surface area contributed by atoms with Crippen LogP contribution in [0.4, 0.5) is 0 Å². The second kappa shape index (κ2) is 6.18. The molecule has 102 valence electrons. The summed E-state index contributed by atoms with van der Waals surface area (Å²) < 4.78 is 5.45. The fourth-order valence-electron chi connectivity index (χ4n) is 2.58. The third kappa shape index (κ3) is 2.83. The summed E-state index contributed by atoms with van der Waals surface area (Å²) >= 11 is 0. The summed E-state index contributed by atoms with van der Waals surface area (Å²) in [7, 11) is 0. The van der Waals surface area contributed by atoms with Crippen LogP contribution in [-0.4, -0.2) is 60.5 Å². The number of amides is 2. The Bertz CT molecular complexity index is 319. The maximum Gasteiger partial charge on any atom is 0.245 e. The highest BCUT2D eigenvalue weighted by molar-refractivity contribution is 5.95. The third-order valence-electron chi connectivity index (χ3n) is 3.64. The molecule has 2 heterocycles. The Balaban J connectivity index is 1.78. The molecule has 0 aromatic rings. The summed E-state index contributed by atoms with van der Waals surface area (Å²) in [6.45, 7) is 4.90. The number of ether oxygens (including phenoxy) is 1. The van der Waals surface area contributed by atoms with E-state index in [4.69, 9.17) is 4.74 Å². The van der Waals surface area contributed by atoms with Gasteiger partial charge >= 0.3 is 0 Å². The molecule has 2 fully saturated rings. The van der Waals surface area contributed by atoms with E-state index in [2.05, 4.69) is 6.92 Å². The van der Waals surface area contributed by atoms with Gasteiger partial charge in [-0.1, -0.05) is 13.3 Å². The van der Waals surface area contributed by atoms with Crippen LogP contribution in [0.3, 0.4) is 0 Å². The Labute approximate surface area is 108 Å². The summed E-state index contributed by atoms with van der Waals surface area (Å²) in [5.74, 6) is 0.192. The first-order valence-corrected chi connectivity index (χ1v) is 6.90. The van der Waals surface area contributed by atoms with E-state index in [0.717, 1.165) is 38.8 Å². The largest absolute Gasteiger partial charge is 0.380 e. The first kappa shape index (κ1) is 13.3. The molecule has 2 amide bonds. The zero-order valence-electron chi connectivity index (χ0n) is 11.1. The van der Waals surface area contributed by atoms with Gasteiger partial charge in [0.25, 0.3) is 0 Å². The molecule has 1 atom stereocenters. The van der Waals surface area contributed by atoms with E-state index in [-0.39, 0.29) is 24.4 Å². The molecule has 2 aliphatic rings. The molecule has 0 saturated carbocycles. The summed E-state index contributed by atoms with van der Waals surface area (Å²) in [6, 6.07) is -0.193. The number of piperazine rings is 1. The first-order valence-electron chi connectivity index (χ1n) is 6.90. The number of hydrogen-bond donors (Lipinski definition) is 0. The van der Waals surface area contributed by atoms with Crippen LogP contribution in [0.2, 0.25) is 0 Å². The maximum absolute atomic E-state index is 12.1.